The van der Waals surface area contributed by atoms with Gasteiger partial charge in [0.25, 0.3) is 0 Å². The molecule has 1 aliphatic heterocycles. The van der Waals surface area contributed by atoms with Crippen molar-refractivity contribution in [2.24, 2.45) is 0 Å². The number of hydrogen-bond donors (Lipinski definition) is 1. The van der Waals surface area contributed by atoms with Gasteiger partial charge in [-0.1, -0.05) is 6.07 Å². The van der Waals surface area contributed by atoms with Crippen LogP contribution in [0.4, 0.5) is 4.79 Å². The number of ether oxygens (including phenoxy) is 2. The van der Waals surface area contributed by atoms with Gasteiger partial charge in [0, 0.05) is 45.3 Å². The van der Waals surface area contributed by atoms with Gasteiger partial charge in [-0.15, -0.1) is 0 Å². The third kappa shape index (κ3) is 4.83. The predicted octanol–water partition coefficient (Wildman–Crippen LogP) is 0.358. The van der Waals surface area contributed by atoms with Gasteiger partial charge in [-0.05, 0) is 12.1 Å². The van der Waals surface area contributed by atoms with Crippen molar-refractivity contribution in [2.45, 2.75) is 4.90 Å². The monoisotopic (exact) mass is 357 g/mol. The van der Waals surface area contributed by atoms with Gasteiger partial charge in [0.1, 0.15) is 5.75 Å². The van der Waals surface area contributed by atoms with Gasteiger partial charge in [0.15, 0.2) is 0 Å². The van der Waals surface area contributed by atoms with Gasteiger partial charge < -0.3 is 14.4 Å². The molecule has 1 N–H and O–H groups in total. The van der Waals surface area contributed by atoms with Crippen LogP contribution in [0.5, 0.6) is 5.75 Å². The fourth-order valence-electron chi connectivity index (χ4n) is 2.47. The molecule has 0 unspecified atom stereocenters. The fraction of sp³-hybridized carbons (Fsp3) is 0.533. The molecule has 0 aromatic heterocycles. The summed E-state index contributed by atoms with van der Waals surface area (Å²) in [4.78, 5) is 15.3. The lowest BCUT2D eigenvalue weighted by molar-refractivity contribution is 0.0918. The molecule has 1 aliphatic rings. The molecular weight excluding hydrogens is 334 g/mol. The summed E-state index contributed by atoms with van der Waals surface area (Å²) >= 11 is 0. The van der Waals surface area contributed by atoms with Crippen molar-refractivity contribution in [3.05, 3.63) is 24.3 Å². The number of sulfonamides is 1. The van der Waals surface area contributed by atoms with Crippen molar-refractivity contribution in [1.29, 1.82) is 0 Å². The largest absolute Gasteiger partial charge is 0.497 e. The molecule has 0 bridgehead atoms. The van der Waals surface area contributed by atoms with Gasteiger partial charge in [-0.25, -0.2) is 17.9 Å². The van der Waals surface area contributed by atoms with E-state index in [9.17, 15) is 13.2 Å². The second-order valence-corrected chi connectivity index (χ2v) is 7.14. The topological polar surface area (TPSA) is 88.2 Å². The molecule has 1 fully saturated rings. The highest BCUT2D eigenvalue weighted by Gasteiger charge is 2.21. The zero-order valence-corrected chi connectivity index (χ0v) is 14.7. The molecule has 9 heteroatoms. The Morgan fingerprint density at radius 1 is 1.21 bits per heavy atom. The summed E-state index contributed by atoms with van der Waals surface area (Å²) in [7, 11) is -0.707. The van der Waals surface area contributed by atoms with Gasteiger partial charge in [-0.2, -0.15) is 0 Å². The number of methoxy groups -OCH3 is 2. The van der Waals surface area contributed by atoms with Crippen LogP contribution < -0.4 is 9.46 Å². The van der Waals surface area contributed by atoms with Crippen molar-refractivity contribution >= 4 is 16.1 Å². The average molecular weight is 357 g/mol. The Morgan fingerprint density at radius 2 is 1.92 bits per heavy atom. The van der Waals surface area contributed by atoms with Crippen LogP contribution in [0.3, 0.4) is 0 Å². The number of amides is 1. The van der Waals surface area contributed by atoms with Gasteiger partial charge in [0.05, 0.1) is 19.1 Å². The first kappa shape index (κ1) is 18.5. The molecule has 134 valence electrons. The quantitative estimate of drug-likeness (QED) is 0.791. The van der Waals surface area contributed by atoms with Crippen LogP contribution in [-0.4, -0.2) is 77.8 Å². The number of rotatable bonds is 6. The first-order valence-corrected chi connectivity index (χ1v) is 9.13. The zero-order chi connectivity index (χ0) is 17.6. The van der Waals surface area contributed by atoms with Crippen LogP contribution in [0.15, 0.2) is 29.2 Å². The molecule has 1 saturated heterocycles. The molecule has 1 amide bonds. The lowest BCUT2D eigenvalue weighted by atomic mass is 10.3. The smallest absolute Gasteiger partial charge is 0.409 e. The van der Waals surface area contributed by atoms with Crippen LogP contribution in [-0.2, 0) is 14.8 Å². The van der Waals surface area contributed by atoms with Crippen molar-refractivity contribution in [1.82, 2.24) is 14.5 Å². The normalized spacial score (nSPS) is 16.0. The molecule has 1 heterocycles. The number of hydrogen-bond acceptors (Lipinski definition) is 6. The molecule has 2 rings (SSSR count). The minimum atomic E-state index is -3.56. The van der Waals surface area contributed by atoms with Crippen LogP contribution in [0.1, 0.15) is 0 Å². The SMILES string of the molecule is COC(=O)N1CCN(CCNS(=O)(=O)c2cccc(OC)c2)CC1. The third-order valence-corrected chi connectivity index (χ3v) is 5.34. The van der Waals surface area contributed by atoms with Crippen molar-refractivity contribution in [3.63, 3.8) is 0 Å². The van der Waals surface area contributed by atoms with Crippen molar-refractivity contribution in [2.75, 3.05) is 53.5 Å². The van der Waals surface area contributed by atoms with E-state index in [1.54, 1.807) is 17.0 Å². The maximum absolute atomic E-state index is 12.3. The van der Waals surface area contributed by atoms with Crippen molar-refractivity contribution < 1.29 is 22.7 Å². The van der Waals surface area contributed by atoms with E-state index >= 15 is 0 Å². The van der Waals surface area contributed by atoms with E-state index in [0.29, 0.717) is 45.0 Å². The maximum Gasteiger partial charge on any atom is 0.409 e. The summed E-state index contributed by atoms with van der Waals surface area (Å²) in [5, 5.41) is 0. The molecule has 8 nitrogen and oxygen atoms in total. The predicted molar refractivity (Wildman–Crippen MR) is 88.6 cm³/mol. The minimum absolute atomic E-state index is 0.178. The lowest BCUT2D eigenvalue weighted by Crippen LogP contribution is -2.50. The second kappa shape index (κ2) is 8.32. The van der Waals surface area contributed by atoms with Gasteiger partial charge in [-0.3, -0.25) is 4.90 Å². The standard InChI is InChI=1S/C15H23N3O5S/c1-22-13-4-3-5-14(12-13)24(20,21)16-6-7-17-8-10-18(11-9-17)15(19)23-2/h3-5,12,16H,6-11H2,1-2H3. The Morgan fingerprint density at radius 3 is 2.54 bits per heavy atom. The molecule has 0 spiro atoms. The van der Waals surface area contributed by atoms with Gasteiger partial charge >= 0.3 is 6.09 Å². The molecule has 1 aromatic carbocycles. The summed E-state index contributed by atoms with van der Waals surface area (Å²) in [5.41, 5.74) is 0. The minimum Gasteiger partial charge on any atom is -0.497 e. The Hall–Kier alpha value is -1.84. The Labute approximate surface area is 142 Å². The van der Waals surface area contributed by atoms with E-state index in [0.717, 1.165) is 0 Å². The number of piperazine rings is 1. The third-order valence-electron chi connectivity index (χ3n) is 3.88. The fourth-order valence-corrected chi connectivity index (χ4v) is 3.53. The van der Waals surface area contributed by atoms with E-state index in [1.807, 2.05) is 0 Å². The number of nitrogens with one attached hydrogen (secondary N) is 1. The molecule has 0 radical (unpaired) electrons. The summed E-state index contributed by atoms with van der Waals surface area (Å²) in [6, 6.07) is 6.34. The Kier molecular flexibility index (Phi) is 6.41. The van der Waals surface area contributed by atoms with Gasteiger partial charge in [0.2, 0.25) is 10.0 Å². The number of carbonyl (C=O) groups is 1. The summed E-state index contributed by atoms with van der Waals surface area (Å²) in [6.45, 7) is 3.42. The van der Waals surface area contributed by atoms with Crippen LogP contribution >= 0.6 is 0 Å². The highest BCUT2D eigenvalue weighted by molar-refractivity contribution is 7.89. The average Bonchev–Trinajstić information content (AvgIpc) is 2.61. The van der Waals surface area contributed by atoms with Crippen molar-refractivity contribution in [3.8, 4) is 5.75 Å². The second-order valence-electron chi connectivity index (χ2n) is 5.38. The van der Waals surface area contributed by atoms with E-state index in [2.05, 4.69) is 14.4 Å². The highest BCUT2D eigenvalue weighted by atomic mass is 32.2. The molecule has 1 aromatic rings. The first-order valence-electron chi connectivity index (χ1n) is 7.65. The summed E-state index contributed by atoms with van der Waals surface area (Å²) < 4.78 is 36.9. The Balaban J connectivity index is 1.80. The number of benzene rings is 1. The number of carbonyl (C=O) groups excluding carboxylic acids is 1. The van der Waals surface area contributed by atoms with E-state index in [-0.39, 0.29) is 11.0 Å². The van der Waals surface area contributed by atoms with E-state index in [4.69, 9.17) is 4.74 Å². The highest BCUT2D eigenvalue weighted by Crippen LogP contribution is 2.16. The van der Waals surface area contributed by atoms with Crippen LogP contribution in [0.2, 0.25) is 0 Å². The molecular formula is C15H23N3O5S. The lowest BCUT2D eigenvalue weighted by Gasteiger charge is -2.33. The number of nitrogens with zero attached hydrogens (tertiary/aromatic N) is 2. The summed E-state index contributed by atoms with van der Waals surface area (Å²) in [6.07, 6.45) is -0.326. The van der Waals surface area contributed by atoms with E-state index < -0.39 is 10.0 Å². The summed E-state index contributed by atoms with van der Waals surface area (Å²) in [5.74, 6) is 0.497. The van der Waals surface area contributed by atoms with Crippen LogP contribution in [0.25, 0.3) is 0 Å². The van der Waals surface area contributed by atoms with Crippen LogP contribution in [0, 0.1) is 0 Å². The molecule has 24 heavy (non-hydrogen) atoms. The molecule has 0 saturated carbocycles. The zero-order valence-electron chi connectivity index (χ0n) is 13.9. The first-order chi connectivity index (χ1) is 11.5. The molecule has 0 aliphatic carbocycles. The molecule has 0 atom stereocenters. The Bertz CT molecular complexity index is 657. The van der Waals surface area contributed by atoms with E-state index in [1.165, 1.54) is 26.4 Å². The maximum atomic E-state index is 12.3.